The highest BCUT2D eigenvalue weighted by Crippen LogP contribution is 2.24. The van der Waals surface area contributed by atoms with Gasteiger partial charge in [0, 0.05) is 12.3 Å². The molecule has 0 aromatic rings. The number of carbonyl (C=O) groups excluding carboxylic acids is 1. The number of esters is 1. The van der Waals surface area contributed by atoms with Crippen LogP contribution < -0.4 is 10.6 Å². The molecule has 0 bridgehead atoms. The van der Waals surface area contributed by atoms with Gasteiger partial charge in [0.2, 0.25) is 0 Å². The molecule has 1 heterocycles. The highest BCUT2D eigenvalue weighted by Gasteiger charge is 2.33. The van der Waals surface area contributed by atoms with Crippen molar-refractivity contribution in [1.29, 1.82) is 0 Å². The van der Waals surface area contributed by atoms with Gasteiger partial charge in [0.25, 0.3) is 0 Å². The number of hydrogen-bond donors (Lipinski definition) is 2. The number of carbonyl (C=O) groups is 1. The summed E-state index contributed by atoms with van der Waals surface area (Å²) in [6.07, 6.45) is 1.94. The summed E-state index contributed by atoms with van der Waals surface area (Å²) in [5.41, 5.74) is 1.42. The van der Waals surface area contributed by atoms with Gasteiger partial charge in [-0.25, -0.2) is 4.79 Å². The van der Waals surface area contributed by atoms with E-state index < -0.39 is 0 Å². The van der Waals surface area contributed by atoms with E-state index in [1.807, 2.05) is 13.8 Å². The summed E-state index contributed by atoms with van der Waals surface area (Å²) in [7, 11) is 0. The summed E-state index contributed by atoms with van der Waals surface area (Å²) in [5.74, 6) is 0.0426. The van der Waals surface area contributed by atoms with Crippen molar-refractivity contribution in [3.05, 3.63) is 11.3 Å². The minimum absolute atomic E-state index is 0.0895. The van der Waals surface area contributed by atoms with Crippen molar-refractivity contribution in [2.45, 2.75) is 46.6 Å². The van der Waals surface area contributed by atoms with Crippen molar-refractivity contribution < 1.29 is 14.3 Å². The van der Waals surface area contributed by atoms with Gasteiger partial charge in [0.05, 0.1) is 18.2 Å². The van der Waals surface area contributed by atoms with Crippen molar-refractivity contribution in [3.8, 4) is 0 Å². The molecular weight excluding hydrogens is 288 g/mol. The smallest absolute Gasteiger partial charge is 0.337 e. The van der Waals surface area contributed by atoms with Crippen LogP contribution >= 0.6 is 12.2 Å². The van der Waals surface area contributed by atoms with E-state index in [1.165, 1.54) is 0 Å². The van der Waals surface area contributed by atoms with E-state index in [1.54, 1.807) is 0 Å². The summed E-state index contributed by atoms with van der Waals surface area (Å²) in [6, 6.07) is -0.0895. The third-order valence-electron chi connectivity index (χ3n) is 3.71. The summed E-state index contributed by atoms with van der Waals surface area (Å²) in [4.78, 5) is 12.4. The lowest BCUT2D eigenvalue weighted by Crippen LogP contribution is -2.52. The van der Waals surface area contributed by atoms with Crippen molar-refractivity contribution >= 4 is 23.3 Å². The summed E-state index contributed by atoms with van der Waals surface area (Å²) < 4.78 is 10.5. The van der Waals surface area contributed by atoms with Crippen LogP contribution in [-0.4, -0.2) is 36.9 Å². The molecular formula is C15H26N2O3S. The zero-order valence-corrected chi connectivity index (χ0v) is 14.1. The molecule has 2 N–H and O–H groups in total. The number of allylic oxidation sites excluding steroid dienone is 1. The molecule has 1 aliphatic heterocycles. The van der Waals surface area contributed by atoms with Crippen molar-refractivity contribution in [3.63, 3.8) is 0 Å². The Morgan fingerprint density at radius 1 is 1.29 bits per heavy atom. The maximum atomic E-state index is 12.4. The van der Waals surface area contributed by atoms with Crippen molar-refractivity contribution in [2.24, 2.45) is 5.92 Å². The molecule has 5 nitrogen and oxygen atoms in total. The molecule has 1 aliphatic rings. The largest absolute Gasteiger partial charge is 0.460 e. The van der Waals surface area contributed by atoms with E-state index in [0.29, 0.717) is 29.8 Å². The fourth-order valence-electron chi connectivity index (χ4n) is 2.53. The van der Waals surface area contributed by atoms with Crippen LogP contribution in [0.1, 0.15) is 40.5 Å². The molecule has 0 radical (unpaired) electrons. The van der Waals surface area contributed by atoms with Gasteiger partial charge in [-0.2, -0.15) is 0 Å². The monoisotopic (exact) mass is 314 g/mol. The first-order valence-corrected chi connectivity index (χ1v) is 7.99. The third-order valence-corrected chi connectivity index (χ3v) is 3.93. The summed E-state index contributed by atoms with van der Waals surface area (Å²) >= 11 is 5.21. The molecule has 21 heavy (non-hydrogen) atoms. The Bertz CT molecular complexity index is 406. The number of hydrogen-bond acceptors (Lipinski definition) is 4. The van der Waals surface area contributed by atoms with Crippen LogP contribution in [0.3, 0.4) is 0 Å². The van der Waals surface area contributed by atoms with Crippen LogP contribution in [0.25, 0.3) is 0 Å². The van der Waals surface area contributed by atoms with Crippen LogP contribution in [-0.2, 0) is 14.3 Å². The fraction of sp³-hybridized carbons (Fsp3) is 0.733. The van der Waals surface area contributed by atoms with Crippen LogP contribution in [0.5, 0.6) is 0 Å². The van der Waals surface area contributed by atoms with Gasteiger partial charge in [-0.15, -0.1) is 0 Å². The highest BCUT2D eigenvalue weighted by molar-refractivity contribution is 7.80. The lowest BCUT2D eigenvalue weighted by atomic mass is 9.87. The molecule has 1 rings (SSSR count). The second-order valence-corrected chi connectivity index (χ2v) is 5.43. The molecule has 0 fully saturated rings. The highest BCUT2D eigenvalue weighted by atomic mass is 32.1. The van der Waals surface area contributed by atoms with Crippen LogP contribution in [0.4, 0.5) is 0 Å². The zero-order valence-electron chi connectivity index (χ0n) is 13.3. The maximum absolute atomic E-state index is 12.4. The molecule has 120 valence electrons. The van der Waals surface area contributed by atoms with Crippen LogP contribution in [0, 0.1) is 5.92 Å². The molecule has 6 heteroatoms. The average Bonchev–Trinajstić information content (AvgIpc) is 2.44. The molecule has 0 aromatic heterocycles. The quantitative estimate of drug-likeness (QED) is 0.407. The van der Waals surface area contributed by atoms with Gasteiger partial charge in [0.15, 0.2) is 5.11 Å². The van der Waals surface area contributed by atoms with Gasteiger partial charge < -0.3 is 20.1 Å². The fourth-order valence-corrected chi connectivity index (χ4v) is 2.81. The van der Waals surface area contributed by atoms with Gasteiger partial charge >= 0.3 is 5.97 Å². The summed E-state index contributed by atoms with van der Waals surface area (Å²) in [5, 5.41) is 6.79. The first-order valence-electron chi connectivity index (χ1n) is 7.58. The SMILES string of the molecule is CCOCCOC(=O)C1=C(C)NC(=S)NC1C(CC)CC. The van der Waals surface area contributed by atoms with E-state index >= 15 is 0 Å². The van der Waals surface area contributed by atoms with Crippen LogP contribution in [0.2, 0.25) is 0 Å². The topological polar surface area (TPSA) is 59.6 Å². The lowest BCUT2D eigenvalue weighted by molar-refractivity contribution is -0.141. The first-order chi connectivity index (χ1) is 10.0. The van der Waals surface area contributed by atoms with Gasteiger partial charge in [-0.3, -0.25) is 0 Å². The Morgan fingerprint density at radius 2 is 1.95 bits per heavy atom. The Balaban J connectivity index is 2.83. The Morgan fingerprint density at radius 3 is 2.52 bits per heavy atom. The van der Waals surface area contributed by atoms with Gasteiger partial charge in [-0.1, -0.05) is 26.7 Å². The van der Waals surface area contributed by atoms with E-state index in [9.17, 15) is 4.79 Å². The first kappa shape index (κ1) is 17.9. The molecule has 1 atom stereocenters. The molecule has 0 aliphatic carbocycles. The molecule has 0 aromatic carbocycles. The maximum Gasteiger partial charge on any atom is 0.337 e. The van der Waals surface area contributed by atoms with E-state index in [0.717, 1.165) is 18.5 Å². The number of thiocarbonyl (C=S) groups is 1. The van der Waals surface area contributed by atoms with Crippen molar-refractivity contribution in [1.82, 2.24) is 10.6 Å². The number of ether oxygens (including phenoxy) is 2. The van der Waals surface area contributed by atoms with Crippen molar-refractivity contribution in [2.75, 3.05) is 19.8 Å². The van der Waals surface area contributed by atoms with E-state index in [2.05, 4.69) is 24.5 Å². The molecule has 0 spiro atoms. The number of rotatable bonds is 8. The molecule has 1 unspecified atom stereocenters. The Hall–Kier alpha value is -1.14. The van der Waals surface area contributed by atoms with Crippen LogP contribution in [0.15, 0.2) is 11.3 Å². The second kappa shape index (κ2) is 9.00. The lowest BCUT2D eigenvalue weighted by Gasteiger charge is -2.34. The third kappa shape index (κ3) is 4.97. The normalized spacial score (nSPS) is 18.5. The van der Waals surface area contributed by atoms with Gasteiger partial charge in [-0.05, 0) is 32.0 Å². The predicted molar refractivity (Wildman–Crippen MR) is 86.9 cm³/mol. The standard InChI is InChI=1S/C15H26N2O3S/c1-5-11(6-2)13-12(10(4)16-15(21)17-13)14(18)20-9-8-19-7-3/h11,13H,5-9H2,1-4H3,(H2,16,17,21). The molecule has 0 saturated heterocycles. The molecule has 0 saturated carbocycles. The summed E-state index contributed by atoms with van der Waals surface area (Å²) in [6.45, 7) is 9.32. The van der Waals surface area contributed by atoms with E-state index in [4.69, 9.17) is 21.7 Å². The minimum atomic E-state index is -0.299. The van der Waals surface area contributed by atoms with Gasteiger partial charge in [0.1, 0.15) is 6.61 Å². The second-order valence-electron chi connectivity index (χ2n) is 5.02. The predicted octanol–water partition coefficient (Wildman–Crippen LogP) is 2.12. The Labute approximate surface area is 132 Å². The minimum Gasteiger partial charge on any atom is -0.460 e. The number of nitrogens with one attached hydrogen (secondary N) is 2. The Kier molecular flexibility index (Phi) is 7.67. The zero-order chi connectivity index (χ0) is 15.8. The average molecular weight is 314 g/mol. The van der Waals surface area contributed by atoms with E-state index in [-0.39, 0.29) is 18.6 Å². The molecule has 0 amide bonds.